The third-order valence-electron chi connectivity index (χ3n) is 2.48. The van der Waals surface area contributed by atoms with E-state index in [-0.39, 0.29) is 11.3 Å². The van der Waals surface area contributed by atoms with E-state index in [4.69, 9.17) is 10.8 Å². The molecule has 1 aromatic carbocycles. The molecule has 7 heteroatoms. The van der Waals surface area contributed by atoms with Gasteiger partial charge in [-0.05, 0) is 24.6 Å². The van der Waals surface area contributed by atoms with Crippen LogP contribution in [0.2, 0.25) is 0 Å². The highest BCUT2D eigenvalue weighted by Gasteiger charge is 2.22. The van der Waals surface area contributed by atoms with Gasteiger partial charge in [0.2, 0.25) is 5.91 Å². The number of carbonyl (C=O) groups is 3. The number of carboxylic acids is 1. The molecule has 0 radical (unpaired) electrons. The molecule has 102 valence electrons. The van der Waals surface area contributed by atoms with Gasteiger partial charge >= 0.3 is 5.97 Å². The molecule has 0 heterocycles. The van der Waals surface area contributed by atoms with E-state index >= 15 is 0 Å². The molecular weight excluding hydrogens is 252 g/mol. The first-order chi connectivity index (χ1) is 8.81. The van der Waals surface area contributed by atoms with E-state index in [0.717, 1.165) is 0 Å². The monoisotopic (exact) mass is 266 g/mol. The van der Waals surface area contributed by atoms with Crippen LogP contribution in [0, 0.1) is 6.92 Å². The number of benzene rings is 1. The molecule has 7 nitrogen and oxygen atoms in total. The Kier molecular flexibility index (Phi) is 4.46. The number of phenolic OH excluding ortho intramolecular Hbond substituents is 1. The molecule has 1 atom stereocenters. The number of aliphatic carboxylic acids is 1. The molecule has 0 bridgehead atoms. The summed E-state index contributed by atoms with van der Waals surface area (Å²) in [5, 5.41) is 20.5. The first-order valence-electron chi connectivity index (χ1n) is 5.43. The van der Waals surface area contributed by atoms with Crippen LogP contribution in [0.3, 0.4) is 0 Å². The van der Waals surface area contributed by atoms with Crippen molar-refractivity contribution < 1.29 is 24.6 Å². The fraction of sp³-hybridized carbons (Fsp3) is 0.250. The molecule has 0 aliphatic carbocycles. The molecule has 0 aliphatic rings. The fourth-order valence-electron chi connectivity index (χ4n) is 1.39. The summed E-state index contributed by atoms with van der Waals surface area (Å²) in [6.07, 6.45) is -0.501. The number of phenols is 1. The van der Waals surface area contributed by atoms with Gasteiger partial charge in [0.15, 0.2) is 0 Å². The minimum atomic E-state index is -1.39. The fourth-order valence-corrected chi connectivity index (χ4v) is 1.39. The summed E-state index contributed by atoms with van der Waals surface area (Å²) < 4.78 is 0. The predicted octanol–water partition coefficient (Wildman–Crippen LogP) is -0.241. The summed E-state index contributed by atoms with van der Waals surface area (Å²) in [6, 6.07) is 2.78. The van der Waals surface area contributed by atoms with Gasteiger partial charge in [-0.1, -0.05) is 6.07 Å². The van der Waals surface area contributed by atoms with Gasteiger partial charge in [0.05, 0.1) is 6.42 Å². The maximum absolute atomic E-state index is 11.8. The van der Waals surface area contributed by atoms with E-state index in [9.17, 15) is 19.5 Å². The van der Waals surface area contributed by atoms with E-state index in [0.29, 0.717) is 5.56 Å². The number of amides is 2. The van der Waals surface area contributed by atoms with Gasteiger partial charge in [-0.25, -0.2) is 4.79 Å². The Bertz CT molecular complexity index is 527. The number of aromatic hydroxyl groups is 1. The van der Waals surface area contributed by atoms with E-state index < -0.39 is 30.2 Å². The van der Waals surface area contributed by atoms with Crippen molar-refractivity contribution in [3.63, 3.8) is 0 Å². The third kappa shape index (κ3) is 3.98. The molecule has 0 saturated carbocycles. The zero-order valence-corrected chi connectivity index (χ0v) is 10.2. The van der Waals surface area contributed by atoms with E-state index in [1.165, 1.54) is 18.2 Å². The highest BCUT2D eigenvalue weighted by molar-refractivity contribution is 5.97. The molecule has 2 amide bonds. The van der Waals surface area contributed by atoms with Crippen molar-refractivity contribution in [3.8, 4) is 5.75 Å². The van der Waals surface area contributed by atoms with Crippen molar-refractivity contribution >= 4 is 17.8 Å². The Morgan fingerprint density at radius 2 is 2.00 bits per heavy atom. The van der Waals surface area contributed by atoms with Crippen molar-refractivity contribution in [1.29, 1.82) is 0 Å². The number of rotatable bonds is 5. The van der Waals surface area contributed by atoms with Crippen LogP contribution >= 0.6 is 0 Å². The number of nitrogens with two attached hydrogens (primary N) is 1. The van der Waals surface area contributed by atoms with Crippen LogP contribution in [-0.2, 0) is 9.59 Å². The maximum Gasteiger partial charge on any atom is 0.326 e. The summed E-state index contributed by atoms with van der Waals surface area (Å²) in [5.41, 5.74) is 5.58. The van der Waals surface area contributed by atoms with Crippen LogP contribution in [0.4, 0.5) is 0 Å². The Morgan fingerprint density at radius 1 is 1.37 bits per heavy atom. The van der Waals surface area contributed by atoms with Crippen molar-refractivity contribution in [2.24, 2.45) is 5.73 Å². The Labute approximate surface area is 109 Å². The zero-order valence-electron chi connectivity index (χ0n) is 10.2. The van der Waals surface area contributed by atoms with Crippen LogP contribution in [0.25, 0.3) is 0 Å². The third-order valence-corrected chi connectivity index (χ3v) is 2.48. The molecule has 19 heavy (non-hydrogen) atoms. The van der Waals surface area contributed by atoms with Gasteiger partial charge in [-0.2, -0.15) is 0 Å². The molecule has 1 rings (SSSR count). The summed E-state index contributed by atoms with van der Waals surface area (Å²) in [4.78, 5) is 33.3. The molecular formula is C12H14N2O5. The van der Waals surface area contributed by atoms with Gasteiger partial charge in [-0.15, -0.1) is 0 Å². The second kappa shape index (κ2) is 5.85. The smallest absolute Gasteiger partial charge is 0.326 e. The molecule has 0 fully saturated rings. The number of carboxylic acid groups (broad SMARTS) is 1. The Morgan fingerprint density at radius 3 is 2.47 bits per heavy atom. The summed E-state index contributed by atoms with van der Waals surface area (Å²) in [6.45, 7) is 1.66. The van der Waals surface area contributed by atoms with Crippen molar-refractivity contribution in [1.82, 2.24) is 5.32 Å². The topological polar surface area (TPSA) is 130 Å². The van der Waals surface area contributed by atoms with Crippen molar-refractivity contribution in [2.45, 2.75) is 19.4 Å². The summed E-state index contributed by atoms with van der Waals surface area (Å²) in [7, 11) is 0. The number of hydrogen-bond acceptors (Lipinski definition) is 4. The minimum absolute atomic E-state index is 0.0746. The maximum atomic E-state index is 11.8. The first-order valence-corrected chi connectivity index (χ1v) is 5.43. The predicted molar refractivity (Wildman–Crippen MR) is 65.5 cm³/mol. The molecule has 0 saturated heterocycles. The Hall–Kier alpha value is -2.57. The Balaban J connectivity index is 2.84. The van der Waals surface area contributed by atoms with Gasteiger partial charge in [-0.3, -0.25) is 9.59 Å². The van der Waals surface area contributed by atoms with Gasteiger partial charge in [0, 0.05) is 5.56 Å². The lowest BCUT2D eigenvalue weighted by Gasteiger charge is -2.13. The number of hydrogen-bond donors (Lipinski definition) is 4. The van der Waals surface area contributed by atoms with Crippen molar-refractivity contribution in [2.75, 3.05) is 0 Å². The van der Waals surface area contributed by atoms with E-state index in [1.54, 1.807) is 6.92 Å². The van der Waals surface area contributed by atoms with Crippen LogP contribution in [0.15, 0.2) is 18.2 Å². The number of primary amides is 1. The second-order valence-electron chi connectivity index (χ2n) is 4.04. The first kappa shape index (κ1) is 14.5. The van der Waals surface area contributed by atoms with E-state index in [2.05, 4.69) is 5.32 Å². The van der Waals surface area contributed by atoms with Gasteiger partial charge in [0.1, 0.15) is 11.8 Å². The lowest BCUT2D eigenvalue weighted by Crippen LogP contribution is -2.43. The average molecular weight is 266 g/mol. The largest absolute Gasteiger partial charge is 0.508 e. The van der Waals surface area contributed by atoms with Gasteiger partial charge in [0.25, 0.3) is 5.91 Å². The highest BCUT2D eigenvalue weighted by atomic mass is 16.4. The van der Waals surface area contributed by atoms with Crippen LogP contribution in [0.5, 0.6) is 5.75 Å². The average Bonchev–Trinajstić information content (AvgIpc) is 2.31. The van der Waals surface area contributed by atoms with Crippen LogP contribution < -0.4 is 11.1 Å². The molecule has 0 aromatic heterocycles. The zero-order chi connectivity index (χ0) is 14.6. The van der Waals surface area contributed by atoms with Crippen LogP contribution in [-0.4, -0.2) is 34.0 Å². The number of nitrogens with one attached hydrogen (secondary N) is 1. The quantitative estimate of drug-likeness (QED) is 0.584. The van der Waals surface area contributed by atoms with Crippen LogP contribution in [0.1, 0.15) is 22.3 Å². The lowest BCUT2D eigenvalue weighted by atomic mass is 10.1. The molecule has 0 aliphatic heterocycles. The van der Waals surface area contributed by atoms with Gasteiger partial charge < -0.3 is 21.3 Å². The molecule has 1 aromatic rings. The molecule has 0 spiro atoms. The standard InChI is InChI=1S/C12H14N2O5/c1-6-2-3-7(4-9(6)15)11(17)14-8(12(18)19)5-10(13)16/h2-4,8,15H,5H2,1H3,(H2,13,16)(H,14,17)(H,18,19). The van der Waals surface area contributed by atoms with E-state index in [1.807, 2.05) is 0 Å². The lowest BCUT2D eigenvalue weighted by molar-refractivity contribution is -0.140. The normalized spacial score (nSPS) is 11.6. The number of carbonyl (C=O) groups excluding carboxylic acids is 2. The summed E-state index contributed by atoms with van der Waals surface area (Å²) >= 11 is 0. The van der Waals surface area contributed by atoms with Crippen molar-refractivity contribution in [3.05, 3.63) is 29.3 Å². The SMILES string of the molecule is Cc1ccc(C(=O)NC(CC(N)=O)C(=O)O)cc1O. The molecule has 5 N–H and O–H groups in total. The number of aryl methyl sites for hydroxylation is 1. The highest BCUT2D eigenvalue weighted by Crippen LogP contribution is 2.17. The molecule has 1 unspecified atom stereocenters. The second-order valence-corrected chi connectivity index (χ2v) is 4.04. The minimum Gasteiger partial charge on any atom is -0.508 e. The summed E-state index contributed by atoms with van der Waals surface area (Å²) in [5.74, 6) is -2.97.